The molecule has 0 amide bonds. The summed E-state index contributed by atoms with van der Waals surface area (Å²) in [5.74, 6) is -2.37. The van der Waals surface area contributed by atoms with Gasteiger partial charge >= 0.3 is 5.97 Å². The summed E-state index contributed by atoms with van der Waals surface area (Å²) in [5.41, 5.74) is 0.212. The molecule has 0 radical (unpaired) electrons. The molecular formula is C14H9Cl2FO3. The Balaban J connectivity index is 2.30. The van der Waals surface area contributed by atoms with Crippen LogP contribution in [-0.4, -0.2) is 11.1 Å². The van der Waals surface area contributed by atoms with Crippen molar-refractivity contribution in [2.75, 3.05) is 0 Å². The maximum absolute atomic E-state index is 13.7. The summed E-state index contributed by atoms with van der Waals surface area (Å²) in [5, 5.41) is 9.73. The summed E-state index contributed by atoms with van der Waals surface area (Å²) < 4.78 is 18.9. The summed E-state index contributed by atoms with van der Waals surface area (Å²) in [6, 6.07) is 8.58. The number of carboxylic acids is 1. The Kier molecular flexibility index (Phi) is 4.47. The van der Waals surface area contributed by atoms with Gasteiger partial charge in [-0.25, -0.2) is 9.18 Å². The van der Waals surface area contributed by atoms with E-state index in [9.17, 15) is 9.18 Å². The fourth-order valence-electron chi connectivity index (χ4n) is 1.64. The van der Waals surface area contributed by atoms with Crippen LogP contribution in [-0.2, 0) is 6.61 Å². The van der Waals surface area contributed by atoms with E-state index in [1.807, 2.05) is 0 Å². The van der Waals surface area contributed by atoms with Crippen LogP contribution in [0.3, 0.4) is 0 Å². The van der Waals surface area contributed by atoms with Gasteiger partial charge in [-0.3, -0.25) is 0 Å². The molecule has 0 aliphatic heterocycles. The van der Waals surface area contributed by atoms with Crippen molar-refractivity contribution in [3.63, 3.8) is 0 Å². The Hall–Kier alpha value is -1.78. The summed E-state index contributed by atoms with van der Waals surface area (Å²) in [4.78, 5) is 11.0. The molecule has 0 saturated heterocycles. The van der Waals surface area contributed by atoms with E-state index < -0.39 is 11.8 Å². The molecule has 0 aromatic heterocycles. The Morgan fingerprint density at radius 2 is 1.75 bits per heavy atom. The first-order valence-corrected chi connectivity index (χ1v) is 6.33. The van der Waals surface area contributed by atoms with Gasteiger partial charge in [0.05, 0.1) is 0 Å². The van der Waals surface area contributed by atoms with Gasteiger partial charge in [-0.1, -0.05) is 35.3 Å². The second-order valence-electron chi connectivity index (χ2n) is 3.91. The van der Waals surface area contributed by atoms with Crippen molar-refractivity contribution < 1.29 is 19.0 Å². The maximum Gasteiger partial charge on any atom is 0.339 e. The number of aromatic carboxylic acids is 1. The molecule has 104 valence electrons. The first-order chi connectivity index (χ1) is 9.50. The summed E-state index contributed by atoms with van der Waals surface area (Å²) >= 11 is 11.9. The normalized spacial score (nSPS) is 10.3. The van der Waals surface area contributed by atoms with Crippen molar-refractivity contribution in [3.8, 4) is 5.75 Å². The zero-order valence-corrected chi connectivity index (χ0v) is 11.6. The number of hydrogen-bond donors (Lipinski definition) is 1. The first kappa shape index (κ1) is 14.6. The second kappa shape index (κ2) is 6.11. The lowest BCUT2D eigenvalue weighted by Crippen LogP contribution is -2.06. The van der Waals surface area contributed by atoms with Crippen molar-refractivity contribution in [1.82, 2.24) is 0 Å². The lowest BCUT2D eigenvalue weighted by molar-refractivity contribution is 0.0690. The lowest BCUT2D eigenvalue weighted by atomic mass is 10.2. The Morgan fingerprint density at radius 3 is 2.35 bits per heavy atom. The molecule has 0 spiro atoms. The first-order valence-electron chi connectivity index (χ1n) is 5.58. The van der Waals surface area contributed by atoms with Gasteiger partial charge in [-0.2, -0.15) is 0 Å². The number of rotatable bonds is 4. The Labute approximate surface area is 124 Å². The van der Waals surface area contributed by atoms with E-state index >= 15 is 0 Å². The predicted molar refractivity (Wildman–Crippen MR) is 74.2 cm³/mol. The van der Waals surface area contributed by atoms with Crippen LogP contribution in [0.15, 0.2) is 36.4 Å². The van der Waals surface area contributed by atoms with Crippen LogP contribution in [0.5, 0.6) is 5.75 Å². The third kappa shape index (κ3) is 3.03. The van der Waals surface area contributed by atoms with Gasteiger partial charge in [-0.05, 0) is 24.3 Å². The van der Waals surface area contributed by atoms with Gasteiger partial charge in [0, 0.05) is 15.6 Å². The predicted octanol–water partition coefficient (Wildman–Crippen LogP) is 4.41. The number of ether oxygens (including phenoxy) is 1. The van der Waals surface area contributed by atoms with Gasteiger partial charge in [0.25, 0.3) is 0 Å². The van der Waals surface area contributed by atoms with E-state index in [1.165, 1.54) is 12.1 Å². The number of halogens is 3. The van der Waals surface area contributed by atoms with Crippen molar-refractivity contribution in [1.29, 1.82) is 0 Å². The smallest absolute Gasteiger partial charge is 0.339 e. The standard InChI is InChI=1S/C14H9Cl2FO3/c15-10-4-2-5-11(16)9(10)7-20-13-8(14(18)19)3-1-6-12(13)17/h1-6H,7H2,(H,18,19). The monoisotopic (exact) mass is 314 g/mol. The number of carboxylic acid groups (broad SMARTS) is 1. The number of carbonyl (C=O) groups is 1. The minimum Gasteiger partial charge on any atom is -0.485 e. The molecule has 0 unspecified atom stereocenters. The molecule has 0 heterocycles. The van der Waals surface area contributed by atoms with Crippen LogP contribution in [0.2, 0.25) is 10.0 Å². The topological polar surface area (TPSA) is 46.5 Å². The largest absolute Gasteiger partial charge is 0.485 e. The highest BCUT2D eigenvalue weighted by molar-refractivity contribution is 6.35. The molecule has 0 saturated carbocycles. The number of hydrogen-bond acceptors (Lipinski definition) is 2. The van der Waals surface area contributed by atoms with Crippen molar-refractivity contribution in [2.45, 2.75) is 6.61 Å². The maximum atomic E-state index is 13.7. The highest BCUT2D eigenvalue weighted by Crippen LogP contribution is 2.28. The molecule has 2 aromatic carbocycles. The molecule has 1 N–H and O–H groups in total. The van der Waals surface area contributed by atoms with E-state index in [-0.39, 0.29) is 17.9 Å². The quantitative estimate of drug-likeness (QED) is 0.909. The van der Waals surface area contributed by atoms with E-state index in [0.717, 1.165) is 6.07 Å². The molecular weight excluding hydrogens is 306 g/mol. The number of benzene rings is 2. The van der Waals surface area contributed by atoms with E-state index in [1.54, 1.807) is 18.2 Å². The summed E-state index contributed by atoms with van der Waals surface area (Å²) in [6.07, 6.45) is 0. The Bertz CT molecular complexity index is 639. The fraction of sp³-hybridized carbons (Fsp3) is 0.0714. The zero-order chi connectivity index (χ0) is 14.7. The molecule has 0 aliphatic rings. The third-order valence-corrected chi connectivity index (χ3v) is 3.33. The van der Waals surface area contributed by atoms with Crippen LogP contribution in [0.25, 0.3) is 0 Å². The molecule has 20 heavy (non-hydrogen) atoms. The molecule has 0 fully saturated rings. The van der Waals surface area contributed by atoms with Crippen LogP contribution < -0.4 is 4.74 Å². The fourth-order valence-corrected chi connectivity index (χ4v) is 2.15. The SMILES string of the molecule is O=C(O)c1cccc(F)c1OCc1c(Cl)cccc1Cl. The van der Waals surface area contributed by atoms with Crippen molar-refractivity contribution in [2.24, 2.45) is 0 Å². The minimum atomic E-state index is -1.27. The van der Waals surface area contributed by atoms with Gasteiger partial charge in [0.15, 0.2) is 11.6 Å². The average molecular weight is 315 g/mol. The molecule has 0 bridgehead atoms. The molecule has 3 nitrogen and oxygen atoms in total. The van der Waals surface area contributed by atoms with E-state index in [2.05, 4.69) is 0 Å². The average Bonchev–Trinajstić information content (AvgIpc) is 2.39. The summed E-state index contributed by atoms with van der Waals surface area (Å²) in [6.45, 7) is -0.125. The third-order valence-electron chi connectivity index (χ3n) is 2.62. The highest BCUT2D eigenvalue weighted by Gasteiger charge is 2.16. The van der Waals surface area contributed by atoms with Crippen molar-refractivity contribution >= 4 is 29.2 Å². The van der Waals surface area contributed by atoms with Gasteiger partial charge in [-0.15, -0.1) is 0 Å². The highest BCUT2D eigenvalue weighted by atomic mass is 35.5. The van der Waals surface area contributed by atoms with Gasteiger partial charge < -0.3 is 9.84 Å². The molecule has 0 aliphatic carbocycles. The number of para-hydroxylation sites is 1. The minimum absolute atomic E-state index is 0.125. The molecule has 0 atom stereocenters. The van der Waals surface area contributed by atoms with E-state index in [4.69, 9.17) is 33.0 Å². The Morgan fingerprint density at radius 1 is 1.15 bits per heavy atom. The molecule has 2 rings (SSSR count). The molecule has 2 aromatic rings. The van der Waals surface area contributed by atoms with Crippen LogP contribution in [0.4, 0.5) is 4.39 Å². The summed E-state index contributed by atoms with van der Waals surface area (Å²) in [7, 11) is 0. The van der Waals surface area contributed by atoms with E-state index in [0.29, 0.717) is 15.6 Å². The van der Waals surface area contributed by atoms with Crippen LogP contribution in [0.1, 0.15) is 15.9 Å². The van der Waals surface area contributed by atoms with Crippen LogP contribution >= 0.6 is 23.2 Å². The lowest BCUT2D eigenvalue weighted by Gasteiger charge is -2.12. The van der Waals surface area contributed by atoms with Gasteiger partial charge in [0.1, 0.15) is 12.2 Å². The van der Waals surface area contributed by atoms with Crippen LogP contribution in [0, 0.1) is 5.82 Å². The molecule has 6 heteroatoms. The van der Waals surface area contributed by atoms with Crippen molar-refractivity contribution in [3.05, 3.63) is 63.4 Å². The second-order valence-corrected chi connectivity index (χ2v) is 4.72. The van der Waals surface area contributed by atoms with Gasteiger partial charge in [0.2, 0.25) is 0 Å². The zero-order valence-electron chi connectivity index (χ0n) is 10.1.